The van der Waals surface area contributed by atoms with Gasteiger partial charge in [-0.05, 0) is 30.3 Å². The fraction of sp³-hybridized carbons (Fsp3) is 0. The van der Waals surface area contributed by atoms with Crippen LogP contribution in [0, 0.1) is 0 Å². The highest BCUT2D eigenvalue weighted by Crippen LogP contribution is 2.10. The minimum atomic E-state index is 0.887. The highest BCUT2D eigenvalue weighted by atomic mass is 15.4. The van der Waals surface area contributed by atoms with E-state index in [1.54, 1.807) is 10.9 Å². The summed E-state index contributed by atoms with van der Waals surface area (Å²) in [6.07, 6.45) is 5.53. The van der Waals surface area contributed by atoms with Crippen LogP contribution in [0.3, 0.4) is 0 Å². The number of benzene rings is 1. The standard InChI is InChI=1S/C13H10N4/c1-2-7-13-12(6-1)15-16-17(13)10-8-11-5-3-4-9-14-11/h1-10H. The van der Waals surface area contributed by atoms with E-state index < -0.39 is 0 Å². The van der Waals surface area contributed by atoms with Gasteiger partial charge >= 0.3 is 0 Å². The lowest BCUT2D eigenvalue weighted by molar-refractivity contribution is 0.863. The third-order valence-electron chi connectivity index (χ3n) is 2.45. The first-order valence-electron chi connectivity index (χ1n) is 5.33. The van der Waals surface area contributed by atoms with Gasteiger partial charge in [-0.25, -0.2) is 4.68 Å². The highest BCUT2D eigenvalue weighted by molar-refractivity contribution is 5.77. The molecule has 1 aromatic carbocycles. The molecule has 0 fully saturated rings. The van der Waals surface area contributed by atoms with Gasteiger partial charge in [0.15, 0.2) is 0 Å². The zero-order chi connectivity index (χ0) is 11.5. The van der Waals surface area contributed by atoms with Crippen molar-refractivity contribution in [1.82, 2.24) is 20.0 Å². The summed E-state index contributed by atoms with van der Waals surface area (Å²) in [6.45, 7) is 0. The molecule has 0 N–H and O–H groups in total. The summed E-state index contributed by atoms with van der Waals surface area (Å²) in [7, 11) is 0. The average molecular weight is 222 g/mol. The lowest BCUT2D eigenvalue weighted by atomic mass is 10.3. The Morgan fingerprint density at radius 2 is 1.88 bits per heavy atom. The Morgan fingerprint density at radius 3 is 2.76 bits per heavy atom. The molecule has 0 aliphatic carbocycles. The van der Waals surface area contributed by atoms with E-state index in [9.17, 15) is 0 Å². The largest absolute Gasteiger partial charge is 0.257 e. The maximum atomic E-state index is 4.21. The van der Waals surface area contributed by atoms with Crippen LogP contribution in [0.5, 0.6) is 0 Å². The van der Waals surface area contributed by atoms with Crippen LogP contribution in [-0.2, 0) is 0 Å². The van der Waals surface area contributed by atoms with E-state index in [0.717, 1.165) is 16.7 Å². The summed E-state index contributed by atoms with van der Waals surface area (Å²) >= 11 is 0. The van der Waals surface area contributed by atoms with Gasteiger partial charge in [0, 0.05) is 12.4 Å². The average Bonchev–Trinajstić information content (AvgIpc) is 2.81. The Morgan fingerprint density at radius 1 is 1.00 bits per heavy atom. The van der Waals surface area contributed by atoms with E-state index in [1.165, 1.54) is 0 Å². The SMILES string of the molecule is C(=Cn1nnc2ccccc21)c1ccccn1. The predicted octanol–water partition coefficient (Wildman–Crippen LogP) is 2.45. The summed E-state index contributed by atoms with van der Waals surface area (Å²) < 4.78 is 1.74. The van der Waals surface area contributed by atoms with E-state index in [1.807, 2.05) is 54.7 Å². The maximum absolute atomic E-state index is 4.21. The van der Waals surface area contributed by atoms with Crippen molar-refractivity contribution in [3.63, 3.8) is 0 Å². The molecule has 4 heteroatoms. The van der Waals surface area contributed by atoms with Crippen molar-refractivity contribution < 1.29 is 0 Å². The Balaban J connectivity index is 1.98. The van der Waals surface area contributed by atoms with Gasteiger partial charge in [-0.1, -0.05) is 23.4 Å². The summed E-state index contributed by atoms with van der Waals surface area (Å²) in [5, 5.41) is 8.13. The lowest BCUT2D eigenvalue weighted by Gasteiger charge is -1.93. The number of nitrogens with zero attached hydrogens (tertiary/aromatic N) is 4. The normalized spacial score (nSPS) is 11.3. The first kappa shape index (κ1) is 9.72. The van der Waals surface area contributed by atoms with Gasteiger partial charge in [-0.15, -0.1) is 5.10 Å². The smallest absolute Gasteiger partial charge is 0.113 e. The number of aromatic nitrogens is 4. The van der Waals surface area contributed by atoms with Crippen molar-refractivity contribution in [2.24, 2.45) is 0 Å². The Bertz CT molecular complexity index is 655. The molecule has 0 unspecified atom stereocenters. The lowest BCUT2D eigenvalue weighted by Crippen LogP contribution is -1.88. The molecule has 82 valence electrons. The summed E-state index contributed by atoms with van der Waals surface area (Å²) in [5.74, 6) is 0. The Labute approximate surface area is 98.2 Å². The van der Waals surface area contributed by atoms with Gasteiger partial charge in [0.25, 0.3) is 0 Å². The monoisotopic (exact) mass is 222 g/mol. The van der Waals surface area contributed by atoms with Crippen LogP contribution in [0.25, 0.3) is 23.3 Å². The van der Waals surface area contributed by atoms with Crippen molar-refractivity contribution in [3.8, 4) is 0 Å². The first-order valence-corrected chi connectivity index (χ1v) is 5.33. The first-order chi connectivity index (χ1) is 8.43. The van der Waals surface area contributed by atoms with E-state index in [0.29, 0.717) is 0 Å². The van der Waals surface area contributed by atoms with E-state index in [4.69, 9.17) is 0 Å². The topological polar surface area (TPSA) is 43.6 Å². The van der Waals surface area contributed by atoms with Gasteiger partial charge < -0.3 is 0 Å². The molecule has 0 radical (unpaired) electrons. The second-order valence-electron chi connectivity index (χ2n) is 3.59. The van der Waals surface area contributed by atoms with Crippen LogP contribution in [0.15, 0.2) is 48.7 Å². The van der Waals surface area contributed by atoms with E-state index in [-0.39, 0.29) is 0 Å². The van der Waals surface area contributed by atoms with Gasteiger partial charge in [-0.3, -0.25) is 4.98 Å². The van der Waals surface area contributed by atoms with Crippen molar-refractivity contribution >= 4 is 23.3 Å². The number of pyridine rings is 1. The molecule has 0 saturated carbocycles. The van der Waals surface area contributed by atoms with Crippen molar-refractivity contribution in [2.45, 2.75) is 0 Å². The minimum Gasteiger partial charge on any atom is -0.257 e. The number of para-hydroxylation sites is 1. The molecular formula is C13H10N4. The van der Waals surface area contributed by atoms with Crippen LogP contribution in [0.2, 0.25) is 0 Å². The molecule has 4 nitrogen and oxygen atoms in total. The predicted molar refractivity (Wildman–Crippen MR) is 67.0 cm³/mol. The zero-order valence-electron chi connectivity index (χ0n) is 9.06. The third kappa shape index (κ3) is 1.92. The quantitative estimate of drug-likeness (QED) is 0.669. The molecule has 0 aliphatic rings. The minimum absolute atomic E-state index is 0.887. The molecule has 0 spiro atoms. The molecule has 0 amide bonds. The van der Waals surface area contributed by atoms with Gasteiger partial charge in [-0.2, -0.15) is 0 Å². The van der Waals surface area contributed by atoms with E-state index in [2.05, 4.69) is 15.3 Å². The zero-order valence-corrected chi connectivity index (χ0v) is 9.06. The number of fused-ring (bicyclic) bond motifs is 1. The van der Waals surface area contributed by atoms with Crippen LogP contribution in [0.1, 0.15) is 5.69 Å². The molecule has 3 rings (SSSR count). The highest BCUT2D eigenvalue weighted by Gasteiger charge is 1.99. The molecule has 2 heterocycles. The summed E-state index contributed by atoms with van der Waals surface area (Å²) in [4.78, 5) is 4.21. The van der Waals surface area contributed by atoms with Crippen LogP contribution in [-0.4, -0.2) is 20.0 Å². The molecule has 3 aromatic rings. The van der Waals surface area contributed by atoms with Crippen molar-refractivity contribution in [3.05, 3.63) is 54.4 Å². The number of hydrogen-bond donors (Lipinski definition) is 0. The molecule has 17 heavy (non-hydrogen) atoms. The van der Waals surface area contributed by atoms with Crippen molar-refractivity contribution in [1.29, 1.82) is 0 Å². The number of rotatable bonds is 2. The molecule has 0 aliphatic heterocycles. The van der Waals surface area contributed by atoms with Gasteiger partial charge in [0.2, 0.25) is 0 Å². The Kier molecular flexibility index (Phi) is 2.38. The fourth-order valence-electron chi connectivity index (χ4n) is 1.62. The molecule has 0 atom stereocenters. The summed E-state index contributed by atoms with van der Waals surface area (Å²) in [6, 6.07) is 13.6. The fourth-order valence-corrected chi connectivity index (χ4v) is 1.62. The Hall–Kier alpha value is -2.49. The molecular weight excluding hydrogens is 212 g/mol. The second-order valence-corrected chi connectivity index (χ2v) is 3.59. The van der Waals surface area contributed by atoms with Crippen LogP contribution in [0.4, 0.5) is 0 Å². The number of hydrogen-bond acceptors (Lipinski definition) is 3. The molecule has 2 aromatic heterocycles. The van der Waals surface area contributed by atoms with E-state index >= 15 is 0 Å². The van der Waals surface area contributed by atoms with Gasteiger partial charge in [0.1, 0.15) is 5.52 Å². The third-order valence-corrected chi connectivity index (χ3v) is 2.45. The van der Waals surface area contributed by atoms with Crippen LogP contribution < -0.4 is 0 Å². The second kappa shape index (κ2) is 4.17. The molecule has 0 saturated heterocycles. The van der Waals surface area contributed by atoms with Gasteiger partial charge in [0.05, 0.1) is 11.2 Å². The van der Waals surface area contributed by atoms with Crippen LogP contribution >= 0.6 is 0 Å². The van der Waals surface area contributed by atoms with Crippen molar-refractivity contribution in [2.75, 3.05) is 0 Å². The maximum Gasteiger partial charge on any atom is 0.113 e. The molecule has 0 bridgehead atoms. The summed E-state index contributed by atoms with van der Waals surface area (Å²) in [5.41, 5.74) is 2.77.